The summed E-state index contributed by atoms with van der Waals surface area (Å²) in [6.07, 6.45) is 0.592. The first kappa shape index (κ1) is 28.5. The maximum Gasteiger partial charge on any atom is 0.259 e. The van der Waals surface area contributed by atoms with E-state index in [1.54, 1.807) is 39.4 Å². The topological polar surface area (TPSA) is 86.3 Å². The zero-order valence-electron chi connectivity index (χ0n) is 24.1. The molecule has 4 aromatic rings. The van der Waals surface area contributed by atoms with Gasteiger partial charge in [0, 0.05) is 17.8 Å². The number of hydrogen-bond acceptors (Lipinski definition) is 6. The normalized spacial score (nSPS) is 15.9. The summed E-state index contributed by atoms with van der Waals surface area (Å²) in [5.74, 6) is 1.63. The lowest BCUT2D eigenvalue weighted by Gasteiger charge is -2.42. The minimum atomic E-state index is -0.667. The predicted octanol–water partition coefficient (Wildman–Crippen LogP) is 5.57. The molecule has 42 heavy (non-hydrogen) atoms. The number of rotatable bonds is 10. The maximum atomic E-state index is 14.1. The molecule has 1 N–H and O–H groups in total. The molecule has 0 aliphatic carbocycles. The summed E-state index contributed by atoms with van der Waals surface area (Å²) in [6, 6.07) is 27.3. The number of benzene rings is 4. The van der Waals surface area contributed by atoms with Crippen LogP contribution in [-0.4, -0.2) is 46.8 Å². The van der Waals surface area contributed by atoms with Gasteiger partial charge in [0.1, 0.15) is 11.5 Å². The van der Waals surface area contributed by atoms with Gasteiger partial charge in [-0.05, 0) is 77.7 Å². The Morgan fingerprint density at radius 3 is 2.05 bits per heavy atom. The summed E-state index contributed by atoms with van der Waals surface area (Å²) in [5.41, 5.74) is 3.67. The van der Waals surface area contributed by atoms with E-state index in [1.165, 1.54) is 0 Å². The van der Waals surface area contributed by atoms with Crippen molar-refractivity contribution in [2.75, 3.05) is 39.9 Å². The molecule has 0 bridgehead atoms. The molecule has 5 rings (SSSR count). The molecule has 1 aliphatic rings. The highest BCUT2D eigenvalue weighted by Gasteiger charge is 2.44. The standard InChI is InChI=1S/C34H34N2O6/c1-39-25-14-10-23(11-15-25)32-31(33(37)35-20-19-22-9-18-29(41-3)30(21-22)42-4)27-7-5-6-8-28(27)34(38)36(32)24-12-16-26(40-2)17-13-24/h5-18,21,31-32H,19-20H2,1-4H3,(H,35,37)/t31-,32-/m1/s1. The Balaban J connectivity index is 1.52. The fourth-order valence-corrected chi connectivity index (χ4v) is 5.46. The van der Waals surface area contributed by atoms with Gasteiger partial charge in [-0.3, -0.25) is 14.5 Å². The number of nitrogens with one attached hydrogen (secondary N) is 1. The van der Waals surface area contributed by atoms with Crippen LogP contribution in [0.25, 0.3) is 0 Å². The molecular weight excluding hydrogens is 532 g/mol. The largest absolute Gasteiger partial charge is 0.497 e. The molecule has 8 heteroatoms. The van der Waals surface area contributed by atoms with E-state index in [-0.39, 0.29) is 11.8 Å². The van der Waals surface area contributed by atoms with Crippen molar-refractivity contribution in [1.29, 1.82) is 0 Å². The molecule has 8 nitrogen and oxygen atoms in total. The minimum absolute atomic E-state index is 0.172. The molecule has 0 fully saturated rings. The van der Waals surface area contributed by atoms with Crippen LogP contribution in [0.5, 0.6) is 23.0 Å². The maximum absolute atomic E-state index is 14.1. The van der Waals surface area contributed by atoms with Crippen LogP contribution in [0.15, 0.2) is 91.0 Å². The Kier molecular flexibility index (Phi) is 8.62. The summed E-state index contributed by atoms with van der Waals surface area (Å²) in [4.78, 5) is 29.9. The van der Waals surface area contributed by atoms with E-state index in [1.807, 2.05) is 84.9 Å². The van der Waals surface area contributed by atoms with Crippen LogP contribution in [0.3, 0.4) is 0 Å². The van der Waals surface area contributed by atoms with Crippen molar-refractivity contribution in [3.05, 3.63) is 113 Å². The van der Waals surface area contributed by atoms with Gasteiger partial charge in [0.25, 0.3) is 5.91 Å². The number of anilines is 1. The van der Waals surface area contributed by atoms with Gasteiger partial charge in [-0.2, -0.15) is 0 Å². The predicted molar refractivity (Wildman–Crippen MR) is 161 cm³/mol. The Morgan fingerprint density at radius 1 is 0.762 bits per heavy atom. The summed E-state index contributed by atoms with van der Waals surface area (Å²) in [6.45, 7) is 0.402. The smallest absolute Gasteiger partial charge is 0.259 e. The van der Waals surface area contributed by atoms with E-state index < -0.39 is 12.0 Å². The fraction of sp³-hybridized carbons (Fsp3) is 0.235. The fourth-order valence-electron chi connectivity index (χ4n) is 5.46. The Morgan fingerprint density at radius 2 is 1.40 bits per heavy atom. The molecule has 1 heterocycles. The summed E-state index contributed by atoms with van der Waals surface area (Å²) in [7, 11) is 6.39. The van der Waals surface area contributed by atoms with Crippen molar-refractivity contribution in [2.24, 2.45) is 0 Å². The highest BCUT2D eigenvalue weighted by Crippen LogP contribution is 2.45. The van der Waals surface area contributed by atoms with Gasteiger partial charge in [0.05, 0.1) is 40.4 Å². The number of carbonyl (C=O) groups is 2. The molecule has 0 spiro atoms. The molecule has 0 saturated heterocycles. The lowest BCUT2D eigenvalue weighted by atomic mass is 9.78. The molecule has 0 radical (unpaired) electrons. The van der Waals surface area contributed by atoms with Crippen molar-refractivity contribution in [3.63, 3.8) is 0 Å². The second-order valence-corrected chi connectivity index (χ2v) is 9.89. The van der Waals surface area contributed by atoms with Gasteiger partial charge in [-0.25, -0.2) is 0 Å². The lowest BCUT2D eigenvalue weighted by Crippen LogP contribution is -2.48. The summed E-state index contributed by atoms with van der Waals surface area (Å²) in [5, 5.41) is 3.14. The van der Waals surface area contributed by atoms with E-state index >= 15 is 0 Å². The molecule has 4 aromatic carbocycles. The minimum Gasteiger partial charge on any atom is -0.497 e. The second-order valence-electron chi connectivity index (χ2n) is 9.89. The van der Waals surface area contributed by atoms with Crippen molar-refractivity contribution < 1.29 is 28.5 Å². The Bertz CT molecular complexity index is 1550. The van der Waals surface area contributed by atoms with Crippen molar-refractivity contribution in [1.82, 2.24) is 5.32 Å². The average Bonchev–Trinajstić information content (AvgIpc) is 3.04. The highest BCUT2D eigenvalue weighted by atomic mass is 16.5. The van der Waals surface area contributed by atoms with Crippen LogP contribution in [0, 0.1) is 0 Å². The zero-order chi connectivity index (χ0) is 29.6. The first-order valence-corrected chi connectivity index (χ1v) is 13.7. The van der Waals surface area contributed by atoms with Gasteiger partial charge in [0.15, 0.2) is 11.5 Å². The van der Waals surface area contributed by atoms with E-state index in [4.69, 9.17) is 18.9 Å². The molecule has 0 unspecified atom stereocenters. The molecule has 2 amide bonds. The van der Waals surface area contributed by atoms with Crippen LogP contribution < -0.4 is 29.2 Å². The second kappa shape index (κ2) is 12.7. The first-order valence-electron chi connectivity index (χ1n) is 13.7. The van der Waals surface area contributed by atoms with Crippen molar-refractivity contribution >= 4 is 17.5 Å². The first-order chi connectivity index (χ1) is 20.5. The van der Waals surface area contributed by atoms with E-state index in [0.29, 0.717) is 52.8 Å². The molecule has 2 atom stereocenters. The third kappa shape index (κ3) is 5.61. The Labute approximate surface area is 245 Å². The summed E-state index contributed by atoms with van der Waals surface area (Å²) < 4.78 is 21.5. The van der Waals surface area contributed by atoms with Crippen LogP contribution in [0.2, 0.25) is 0 Å². The van der Waals surface area contributed by atoms with Crippen LogP contribution in [-0.2, 0) is 11.2 Å². The van der Waals surface area contributed by atoms with E-state index in [9.17, 15) is 9.59 Å². The molecule has 216 valence electrons. The third-order valence-corrected chi connectivity index (χ3v) is 7.59. The van der Waals surface area contributed by atoms with Crippen LogP contribution in [0.1, 0.15) is 39.0 Å². The van der Waals surface area contributed by atoms with Gasteiger partial charge >= 0.3 is 0 Å². The number of nitrogens with zero attached hydrogens (tertiary/aromatic N) is 1. The molecule has 0 aromatic heterocycles. The monoisotopic (exact) mass is 566 g/mol. The van der Waals surface area contributed by atoms with E-state index in [2.05, 4.69) is 5.32 Å². The van der Waals surface area contributed by atoms with E-state index in [0.717, 1.165) is 11.1 Å². The third-order valence-electron chi connectivity index (χ3n) is 7.59. The van der Waals surface area contributed by atoms with Crippen LogP contribution in [0.4, 0.5) is 5.69 Å². The van der Waals surface area contributed by atoms with Crippen molar-refractivity contribution in [2.45, 2.75) is 18.4 Å². The summed E-state index contributed by atoms with van der Waals surface area (Å²) >= 11 is 0. The van der Waals surface area contributed by atoms with Gasteiger partial charge in [-0.15, -0.1) is 0 Å². The molecule has 0 saturated carbocycles. The number of methoxy groups -OCH3 is 4. The van der Waals surface area contributed by atoms with Crippen LogP contribution >= 0.6 is 0 Å². The zero-order valence-corrected chi connectivity index (χ0v) is 24.1. The van der Waals surface area contributed by atoms with Crippen molar-refractivity contribution in [3.8, 4) is 23.0 Å². The molecular formula is C34H34N2O6. The van der Waals surface area contributed by atoms with Gasteiger partial charge in [0.2, 0.25) is 5.91 Å². The number of fused-ring (bicyclic) bond motifs is 1. The highest BCUT2D eigenvalue weighted by molar-refractivity contribution is 6.11. The number of carbonyl (C=O) groups excluding carboxylic acids is 2. The number of amides is 2. The molecule has 1 aliphatic heterocycles. The SMILES string of the molecule is COc1ccc([C@@H]2[C@H](C(=O)NCCc3ccc(OC)c(OC)c3)c3ccccc3C(=O)N2c2ccc(OC)cc2)cc1. The average molecular weight is 567 g/mol. The van der Waals surface area contributed by atoms with Gasteiger partial charge in [-0.1, -0.05) is 36.4 Å². The quantitative estimate of drug-likeness (QED) is 0.270. The lowest BCUT2D eigenvalue weighted by molar-refractivity contribution is -0.123. The number of hydrogen-bond donors (Lipinski definition) is 1. The number of ether oxygens (including phenoxy) is 4. The Hall–Kier alpha value is -4.98. The van der Waals surface area contributed by atoms with Gasteiger partial charge < -0.3 is 24.3 Å².